The van der Waals surface area contributed by atoms with Gasteiger partial charge in [0.15, 0.2) is 11.5 Å². The van der Waals surface area contributed by atoms with Crippen LogP contribution in [0, 0.1) is 40.9 Å². The van der Waals surface area contributed by atoms with Crippen molar-refractivity contribution in [2.45, 2.75) is 70.8 Å². The van der Waals surface area contributed by atoms with E-state index < -0.39 is 5.60 Å². The Hall–Kier alpha value is -4.02. The minimum atomic E-state index is -0.909. The van der Waals surface area contributed by atoms with Crippen molar-refractivity contribution in [1.82, 2.24) is 5.16 Å². The van der Waals surface area contributed by atoms with E-state index in [0.717, 1.165) is 61.7 Å². The minimum Gasteiger partial charge on any atom is -0.508 e. The van der Waals surface area contributed by atoms with Gasteiger partial charge in [0.05, 0.1) is 18.9 Å². The highest BCUT2D eigenvalue weighted by molar-refractivity contribution is 6.00. The van der Waals surface area contributed by atoms with E-state index in [1.807, 2.05) is 6.20 Å². The van der Waals surface area contributed by atoms with E-state index in [1.165, 1.54) is 24.1 Å². The molecule has 44 heavy (non-hydrogen) atoms. The Morgan fingerprint density at radius 3 is 2.55 bits per heavy atom. The molecule has 230 valence electrons. The number of fused-ring (bicyclic) bond motifs is 6. The number of phenols is 2. The Morgan fingerprint density at radius 2 is 1.84 bits per heavy atom. The number of aliphatic hydroxyl groups is 1. The number of methoxy groups -OCH3 is 1. The van der Waals surface area contributed by atoms with Crippen LogP contribution in [0.3, 0.4) is 0 Å². The molecule has 3 saturated carbocycles. The lowest BCUT2D eigenvalue weighted by molar-refractivity contribution is -0.0975. The SMILES string of the molecule is C#CC1(O)CCC2C3CCC4=Cc5oncc5CC4(C)C3CCC21C.COc1ccc(CC(=O)c2ccc(O)cc2O)cc1. The molecule has 0 aliphatic heterocycles. The zero-order valence-electron chi connectivity index (χ0n) is 25.7. The molecule has 0 bridgehead atoms. The molecule has 0 saturated heterocycles. The number of allylic oxidation sites excluding steroid dienone is 1. The Labute approximate surface area is 258 Å². The summed E-state index contributed by atoms with van der Waals surface area (Å²) in [5, 5.41) is 33.9. The van der Waals surface area contributed by atoms with Crippen LogP contribution < -0.4 is 4.74 Å². The summed E-state index contributed by atoms with van der Waals surface area (Å²) < 4.78 is 10.5. The van der Waals surface area contributed by atoms with Crippen molar-refractivity contribution in [3.8, 4) is 29.6 Å². The van der Waals surface area contributed by atoms with Crippen molar-refractivity contribution in [3.05, 3.63) is 76.7 Å². The zero-order chi connectivity index (χ0) is 31.3. The van der Waals surface area contributed by atoms with E-state index in [9.17, 15) is 20.1 Å². The molecular weight excluding hydrogens is 554 g/mol. The maximum atomic E-state index is 12.0. The fourth-order valence-electron chi connectivity index (χ4n) is 8.92. The predicted molar refractivity (Wildman–Crippen MR) is 167 cm³/mol. The average molecular weight is 596 g/mol. The first kappa shape index (κ1) is 30.0. The number of aromatic hydroxyl groups is 2. The van der Waals surface area contributed by atoms with Crippen molar-refractivity contribution >= 4 is 11.9 Å². The minimum absolute atomic E-state index is 0.0708. The molecule has 4 aliphatic carbocycles. The second-order valence-corrected chi connectivity index (χ2v) is 13.5. The molecule has 6 unspecified atom stereocenters. The first-order chi connectivity index (χ1) is 21.0. The highest BCUT2D eigenvalue weighted by atomic mass is 16.5. The number of carbonyl (C=O) groups excluding carboxylic acids is 1. The van der Waals surface area contributed by atoms with E-state index in [4.69, 9.17) is 15.7 Å². The van der Waals surface area contributed by atoms with Gasteiger partial charge in [-0.25, -0.2) is 0 Å². The summed E-state index contributed by atoms with van der Waals surface area (Å²) in [5.41, 5.74) is 3.02. The summed E-state index contributed by atoms with van der Waals surface area (Å²) in [5.74, 6) is 5.88. The fourth-order valence-corrected chi connectivity index (χ4v) is 8.92. The van der Waals surface area contributed by atoms with Gasteiger partial charge in [-0.3, -0.25) is 4.79 Å². The molecule has 0 spiro atoms. The molecule has 1 heterocycles. The largest absolute Gasteiger partial charge is 0.508 e. The Bertz CT molecular complexity index is 1630. The van der Waals surface area contributed by atoms with Crippen molar-refractivity contribution in [3.63, 3.8) is 0 Å². The quantitative estimate of drug-likeness (QED) is 0.226. The summed E-state index contributed by atoms with van der Waals surface area (Å²) in [4.78, 5) is 12.0. The fraction of sp³-hybridized carbons (Fsp3) is 0.459. The Morgan fingerprint density at radius 1 is 1.09 bits per heavy atom. The molecule has 7 heteroatoms. The van der Waals surface area contributed by atoms with Gasteiger partial charge in [0.25, 0.3) is 0 Å². The number of nitrogens with zero attached hydrogens (tertiary/aromatic N) is 1. The second kappa shape index (κ2) is 11.2. The topological polar surface area (TPSA) is 113 Å². The molecule has 0 amide bonds. The van der Waals surface area contributed by atoms with Crippen LogP contribution in [0.1, 0.15) is 79.6 Å². The normalized spacial score (nSPS) is 31.5. The van der Waals surface area contributed by atoms with Gasteiger partial charge >= 0.3 is 0 Å². The van der Waals surface area contributed by atoms with Gasteiger partial charge in [0.1, 0.15) is 22.8 Å². The number of carbonyl (C=O) groups is 1. The number of ether oxygens (including phenoxy) is 1. The molecule has 3 aromatic rings. The monoisotopic (exact) mass is 595 g/mol. The van der Waals surface area contributed by atoms with E-state index in [-0.39, 0.29) is 40.1 Å². The molecule has 7 nitrogen and oxygen atoms in total. The third kappa shape index (κ3) is 4.90. The summed E-state index contributed by atoms with van der Waals surface area (Å²) >= 11 is 0. The first-order valence-corrected chi connectivity index (χ1v) is 15.5. The molecule has 6 atom stereocenters. The van der Waals surface area contributed by atoms with Gasteiger partial charge < -0.3 is 24.6 Å². The Balaban J connectivity index is 0.000000163. The summed E-state index contributed by atoms with van der Waals surface area (Å²) in [6.07, 6.45) is 17.6. The average Bonchev–Trinajstić information content (AvgIpc) is 3.57. The number of terminal acetylenes is 1. The molecule has 1 aromatic heterocycles. The van der Waals surface area contributed by atoms with Gasteiger partial charge in [0.2, 0.25) is 0 Å². The number of hydrogen-bond acceptors (Lipinski definition) is 7. The second-order valence-electron chi connectivity index (χ2n) is 13.5. The highest BCUT2D eigenvalue weighted by Gasteiger charge is 2.63. The van der Waals surface area contributed by atoms with Crippen molar-refractivity contribution in [2.24, 2.45) is 28.6 Å². The molecule has 2 aromatic carbocycles. The number of Topliss-reactive ketones (excluding diaryl/α,β-unsaturated/α-hetero) is 1. The molecule has 4 aliphatic rings. The molecular formula is C37H41NO6. The lowest BCUT2D eigenvalue weighted by Crippen LogP contribution is -2.54. The van der Waals surface area contributed by atoms with Crippen molar-refractivity contribution < 1.29 is 29.4 Å². The number of rotatable bonds is 4. The number of ketones is 1. The van der Waals surface area contributed by atoms with Gasteiger partial charge in [0, 0.05) is 23.5 Å². The molecule has 3 fully saturated rings. The number of benzene rings is 2. The van der Waals surface area contributed by atoms with Crippen molar-refractivity contribution in [2.75, 3.05) is 7.11 Å². The maximum absolute atomic E-state index is 12.0. The van der Waals surface area contributed by atoms with Crippen LogP contribution in [0.2, 0.25) is 0 Å². The van der Waals surface area contributed by atoms with Crippen LogP contribution in [-0.2, 0) is 12.8 Å². The molecule has 0 radical (unpaired) electrons. The summed E-state index contributed by atoms with van der Waals surface area (Å²) in [6.45, 7) is 4.71. The van der Waals surface area contributed by atoms with Crippen LogP contribution in [0.4, 0.5) is 0 Å². The van der Waals surface area contributed by atoms with E-state index in [2.05, 4.69) is 31.0 Å². The van der Waals surface area contributed by atoms with Crippen LogP contribution in [-0.4, -0.2) is 39.0 Å². The van der Waals surface area contributed by atoms with Gasteiger partial charge in [-0.05, 0) is 104 Å². The highest BCUT2D eigenvalue weighted by Crippen LogP contribution is 2.67. The molecule has 3 N–H and O–H groups in total. The summed E-state index contributed by atoms with van der Waals surface area (Å²) in [7, 11) is 1.58. The maximum Gasteiger partial charge on any atom is 0.170 e. The van der Waals surface area contributed by atoms with Gasteiger partial charge in [-0.15, -0.1) is 6.42 Å². The van der Waals surface area contributed by atoms with Crippen LogP contribution >= 0.6 is 0 Å². The Kier molecular flexibility index (Phi) is 7.62. The van der Waals surface area contributed by atoms with Crippen LogP contribution in [0.25, 0.3) is 6.08 Å². The number of phenolic OH excluding ortho intramolecular Hbond substituents is 2. The number of aromatic nitrogens is 1. The van der Waals surface area contributed by atoms with Crippen LogP contribution in [0.15, 0.2) is 58.8 Å². The molecule has 7 rings (SSSR count). The van der Waals surface area contributed by atoms with Crippen LogP contribution in [0.5, 0.6) is 17.2 Å². The third-order valence-electron chi connectivity index (χ3n) is 11.5. The van der Waals surface area contributed by atoms with Crippen molar-refractivity contribution in [1.29, 1.82) is 0 Å². The zero-order valence-corrected chi connectivity index (χ0v) is 25.7. The smallest absolute Gasteiger partial charge is 0.170 e. The van der Waals surface area contributed by atoms with E-state index >= 15 is 0 Å². The van der Waals surface area contributed by atoms with Gasteiger partial charge in [-0.2, -0.15) is 0 Å². The third-order valence-corrected chi connectivity index (χ3v) is 11.5. The van der Waals surface area contributed by atoms with E-state index in [1.54, 1.807) is 36.9 Å². The van der Waals surface area contributed by atoms with Gasteiger partial charge in [-0.1, -0.05) is 42.6 Å². The van der Waals surface area contributed by atoms with E-state index in [0.29, 0.717) is 17.8 Å². The lowest BCUT2D eigenvalue weighted by Gasteiger charge is -2.58. The summed E-state index contributed by atoms with van der Waals surface area (Å²) in [6, 6.07) is 11.1. The lowest BCUT2D eigenvalue weighted by atomic mass is 9.46. The predicted octanol–water partition coefficient (Wildman–Crippen LogP) is 6.75. The first-order valence-electron chi connectivity index (χ1n) is 15.5. The standard InChI is InChI=1S/C22H27NO2.C15H14O4/c1-4-22(24)10-8-18-16-6-5-15-11-19-14(13-23-25-19)12-20(15,2)17(16)7-9-21(18,22)3;1-19-12-5-2-10(3-6-12)8-14(17)13-7-4-11(16)9-15(13)18/h1,11,13,16-18,24H,5-10,12H2,2-3H3;2-7,9,16,18H,8H2,1H3. The number of hydrogen-bond donors (Lipinski definition) is 3.